The molecule has 7 rings (SSSR count). The van der Waals surface area contributed by atoms with Crippen molar-refractivity contribution < 1.29 is 9.59 Å². The molecule has 0 aromatic heterocycles. The van der Waals surface area contributed by atoms with E-state index in [1.165, 1.54) is 59.1 Å². The summed E-state index contributed by atoms with van der Waals surface area (Å²) in [6.45, 7) is 6.44. The molecule has 242 valence electrons. The van der Waals surface area contributed by atoms with Crippen molar-refractivity contribution in [3.63, 3.8) is 0 Å². The van der Waals surface area contributed by atoms with Gasteiger partial charge in [-0.1, -0.05) is 84.9 Å². The predicted octanol–water partition coefficient (Wildman–Crippen LogP) is 8.94. The fraction of sp³-hybridized carbons (Fsp3) is 0.395. The second-order valence-electron chi connectivity index (χ2n) is 14.0. The van der Waals surface area contributed by atoms with Crippen LogP contribution in [0.5, 0.6) is 0 Å². The molecule has 0 saturated carbocycles. The van der Waals surface area contributed by atoms with Crippen molar-refractivity contribution in [2.75, 3.05) is 39.3 Å². The van der Waals surface area contributed by atoms with Gasteiger partial charge < -0.3 is 9.80 Å². The number of benzene rings is 4. The molecule has 2 saturated heterocycles. The number of hydrogen-bond donors (Lipinski definition) is 0. The molecule has 3 aliphatic rings. The molecule has 0 amide bonds. The van der Waals surface area contributed by atoms with Crippen LogP contribution >= 0.6 is 0 Å². The van der Waals surface area contributed by atoms with Gasteiger partial charge in [-0.25, -0.2) is 0 Å². The van der Waals surface area contributed by atoms with Gasteiger partial charge in [0, 0.05) is 24.0 Å². The molecule has 2 fully saturated rings. The summed E-state index contributed by atoms with van der Waals surface area (Å²) >= 11 is 0. The number of hydrogen-bond acceptors (Lipinski definition) is 4. The first-order valence-corrected chi connectivity index (χ1v) is 18.0. The van der Waals surface area contributed by atoms with Crippen LogP contribution in [-0.4, -0.2) is 60.6 Å². The molecule has 0 radical (unpaired) electrons. The monoisotopic (exact) mass is 624 g/mol. The van der Waals surface area contributed by atoms with Gasteiger partial charge in [0.1, 0.15) is 0 Å². The molecule has 0 atom stereocenters. The van der Waals surface area contributed by atoms with Crippen LogP contribution in [0, 0.1) is 0 Å². The molecule has 0 bridgehead atoms. The van der Waals surface area contributed by atoms with Crippen molar-refractivity contribution >= 4 is 11.6 Å². The summed E-state index contributed by atoms with van der Waals surface area (Å²) in [7, 11) is 0. The molecule has 4 aromatic carbocycles. The van der Waals surface area contributed by atoms with Crippen LogP contribution in [0.1, 0.15) is 106 Å². The van der Waals surface area contributed by atoms with Crippen molar-refractivity contribution in [1.29, 1.82) is 0 Å². The first kappa shape index (κ1) is 31.7. The number of likely N-dealkylation sites (tertiary alicyclic amines) is 2. The van der Waals surface area contributed by atoms with Crippen molar-refractivity contribution in [3.05, 3.63) is 130 Å². The van der Waals surface area contributed by atoms with Gasteiger partial charge in [0.25, 0.3) is 0 Å². The molecule has 4 aromatic rings. The number of rotatable bonds is 12. The number of nitrogens with zero attached hydrogens (tertiary/aromatic N) is 2. The lowest BCUT2D eigenvalue weighted by atomic mass is 9.89. The number of carbonyl (C=O) groups excluding carboxylic acids is 2. The van der Waals surface area contributed by atoms with Crippen LogP contribution in [-0.2, 0) is 6.42 Å². The fourth-order valence-corrected chi connectivity index (χ4v) is 8.20. The number of carbonyl (C=O) groups is 2. The maximum Gasteiger partial charge on any atom is 0.162 e. The smallest absolute Gasteiger partial charge is 0.162 e. The molecule has 0 N–H and O–H groups in total. The van der Waals surface area contributed by atoms with Crippen molar-refractivity contribution in [2.45, 2.75) is 69.6 Å². The average Bonchev–Trinajstić information content (AvgIpc) is 3.50. The zero-order valence-electron chi connectivity index (χ0n) is 27.7. The van der Waals surface area contributed by atoms with Crippen molar-refractivity contribution in [1.82, 2.24) is 9.80 Å². The second kappa shape index (κ2) is 14.9. The van der Waals surface area contributed by atoms with Gasteiger partial charge in [-0.3, -0.25) is 9.59 Å². The highest BCUT2D eigenvalue weighted by Gasteiger charge is 2.24. The Morgan fingerprint density at radius 2 is 0.936 bits per heavy atom. The highest BCUT2D eigenvalue weighted by Crippen LogP contribution is 2.38. The topological polar surface area (TPSA) is 40.6 Å². The zero-order chi connectivity index (χ0) is 32.0. The van der Waals surface area contributed by atoms with Gasteiger partial charge in [0.15, 0.2) is 11.6 Å². The molecule has 2 heterocycles. The van der Waals surface area contributed by atoms with Crippen LogP contribution in [0.4, 0.5) is 0 Å². The Morgan fingerprint density at radius 1 is 0.532 bits per heavy atom. The first-order valence-electron chi connectivity index (χ1n) is 18.0. The molecule has 0 spiro atoms. The quantitative estimate of drug-likeness (QED) is 0.130. The van der Waals surface area contributed by atoms with E-state index in [1.54, 1.807) is 0 Å². The summed E-state index contributed by atoms with van der Waals surface area (Å²) in [5.74, 6) is 1.81. The predicted molar refractivity (Wildman–Crippen MR) is 192 cm³/mol. The Labute approximate surface area is 280 Å². The number of fused-ring (bicyclic) bond motifs is 3. The second-order valence-corrected chi connectivity index (χ2v) is 14.0. The highest BCUT2D eigenvalue weighted by molar-refractivity contribution is 5.99. The Balaban J connectivity index is 0.850. The van der Waals surface area contributed by atoms with Gasteiger partial charge in [-0.05, 0) is 142 Å². The summed E-state index contributed by atoms with van der Waals surface area (Å²) in [5, 5.41) is 0. The summed E-state index contributed by atoms with van der Waals surface area (Å²) < 4.78 is 0. The minimum absolute atomic E-state index is 0.239. The van der Waals surface area contributed by atoms with Crippen LogP contribution in [0.15, 0.2) is 97.1 Å². The molecule has 2 aliphatic heterocycles. The molecule has 4 heteroatoms. The van der Waals surface area contributed by atoms with Gasteiger partial charge in [-0.2, -0.15) is 0 Å². The summed E-state index contributed by atoms with van der Waals surface area (Å²) in [6.07, 6.45) is 8.58. The Morgan fingerprint density at radius 3 is 1.34 bits per heavy atom. The number of Topliss-reactive ketones (excluding diaryl/α,β-unsaturated/α-hetero) is 2. The first-order chi connectivity index (χ1) is 23.1. The highest BCUT2D eigenvalue weighted by atomic mass is 16.1. The van der Waals surface area contributed by atoms with Gasteiger partial charge >= 0.3 is 0 Å². The van der Waals surface area contributed by atoms with Gasteiger partial charge in [0.2, 0.25) is 0 Å². The third-order valence-electron chi connectivity index (χ3n) is 11.0. The van der Waals surface area contributed by atoms with Crippen LogP contribution in [0.2, 0.25) is 0 Å². The number of ketones is 2. The minimum Gasteiger partial charge on any atom is -0.303 e. The third kappa shape index (κ3) is 7.66. The lowest BCUT2D eigenvalue weighted by Crippen LogP contribution is -2.33. The molecular formula is C43H48N2O2. The van der Waals surface area contributed by atoms with Gasteiger partial charge in [0.05, 0.1) is 0 Å². The van der Waals surface area contributed by atoms with Crippen LogP contribution in [0.25, 0.3) is 11.1 Å². The standard InChI is InChI=1S/C43H48N2O2/c46-42(13-7-23-44-25-19-34(20-26-44)32-9-3-1-4-10-32)36-15-17-40-38(29-36)31-39-30-37(16-18-41(39)40)43(47)14-8-24-45-27-21-35(22-28-45)33-11-5-2-6-12-33/h1-6,9-12,15-18,29-30,34-35H,7-8,13-14,19-28,31H2. The summed E-state index contributed by atoms with van der Waals surface area (Å²) in [6, 6.07) is 34.2. The molecule has 4 nitrogen and oxygen atoms in total. The number of piperidine rings is 2. The minimum atomic E-state index is 0.239. The van der Waals surface area contributed by atoms with E-state index in [0.717, 1.165) is 69.7 Å². The van der Waals surface area contributed by atoms with E-state index in [2.05, 4.69) is 94.7 Å². The molecular weight excluding hydrogens is 576 g/mol. The Kier molecular flexibility index (Phi) is 10.1. The molecule has 0 unspecified atom stereocenters. The lowest BCUT2D eigenvalue weighted by molar-refractivity contribution is 0.0964. The lowest BCUT2D eigenvalue weighted by Gasteiger charge is -2.32. The van der Waals surface area contributed by atoms with Gasteiger partial charge in [-0.15, -0.1) is 0 Å². The van der Waals surface area contributed by atoms with E-state index in [9.17, 15) is 9.59 Å². The average molecular weight is 625 g/mol. The van der Waals surface area contributed by atoms with E-state index in [4.69, 9.17) is 0 Å². The third-order valence-corrected chi connectivity index (χ3v) is 11.0. The van der Waals surface area contributed by atoms with E-state index < -0.39 is 0 Å². The van der Waals surface area contributed by atoms with Crippen LogP contribution < -0.4 is 0 Å². The normalized spacial score (nSPS) is 17.4. The van der Waals surface area contributed by atoms with E-state index >= 15 is 0 Å². The maximum absolute atomic E-state index is 13.2. The summed E-state index contributed by atoms with van der Waals surface area (Å²) in [4.78, 5) is 31.4. The maximum atomic E-state index is 13.2. The molecule has 1 aliphatic carbocycles. The van der Waals surface area contributed by atoms with Crippen molar-refractivity contribution in [3.8, 4) is 11.1 Å². The largest absolute Gasteiger partial charge is 0.303 e. The SMILES string of the molecule is O=C(CCCN1CCC(c2ccccc2)CC1)c1ccc2c(c1)Cc1cc(C(=O)CCCN3CCC(c4ccccc4)CC3)ccc1-2. The zero-order valence-corrected chi connectivity index (χ0v) is 27.7. The Bertz CT molecular complexity index is 1540. The van der Waals surface area contributed by atoms with E-state index in [-0.39, 0.29) is 11.6 Å². The summed E-state index contributed by atoms with van der Waals surface area (Å²) in [5.41, 5.74) is 9.39. The van der Waals surface area contributed by atoms with Crippen molar-refractivity contribution in [2.24, 2.45) is 0 Å². The van der Waals surface area contributed by atoms with Crippen LogP contribution in [0.3, 0.4) is 0 Å². The molecule has 47 heavy (non-hydrogen) atoms. The fourth-order valence-electron chi connectivity index (χ4n) is 8.20. The van der Waals surface area contributed by atoms with E-state index in [1.807, 2.05) is 12.1 Å². The Hall–Kier alpha value is -3.86. The van der Waals surface area contributed by atoms with E-state index in [0.29, 0.717) is 24.7 Å².